The highest BCUT2D eigenvalue weighted by atomic mass is 19.1. The third kappa shape index (κ3) is 6.49. The third-order valence-electron chi connectivity index (χ3n) is 7.96. The van der Waals surface area contributed by atoms with Crippen LogP contribution in [-0.2, 0) is 24.1 Å². The van der Waals surface area contributed by atoms with Crippen molar-refractivity contribution in [3.63, 3.8) is 0 Å². The molecule has 8 heteroatoms. The number of anilines is 1. The second-order valence-corrected chi connectivity index (χ2v) is 10.9. The number of hydrogen-bond acceptors (Lipinski definition) is 5. The summed E-state index contributed by atoms with van der Waals surface area (Å²) in [7, 11) is 0. The molecule has 3 aliphatic rings. The average molecular weight is 565 g/mol. The molecule has 0 bridgehead atoms. The van der Waals surface area contributed by atoms with Gasteiger partial charge in [0.05, 0.1) is 10.7 Å². The molecule has 0 unspecified atom stereocenters. The molecule has 6 rings (SSSR count). The largest absolute Gasteiger partial charge is 0.381 e. The molecule has 1 amide bonds. The fourth-order valence-electron chi connectivity index (χ4n) is 5.69. The molecule has 0 aliphatic carbocycles. The molecular weight excluding hydrogens is 522 g/mol. The molecule has 1 N–H and O–H groups in total. The molecule has 0 saturated carbocycles. The Labute approximate surface area is 248 Å². The molecule has 2 saturated heterocycles. The minimum atomic E-state index is -2.21. The number of fused-ring (bicyclic) bond motifs is 1. The van der Waals surface area contributed by atoms with Gasteiger partial charge >= 0.3 is 0 Å². The second-order valence-electron chi connectivity index (χ2n) is 10.9. The smallest absolute Gasteiger partial charge is 0.257 e. The maximum Gasteiger partial charge on any atom is 0.257 e. The number of aliphatic imine (C=N–C) groups is 1. The Balaban J connectivity index is 1.27. The van der Waals surface area contributed by atoms with E-state index in [4.69, 9.17) is 11.6 Å². The summed E-state index contributed by atoms with van der Waals surface area (Å²) < 4.78 is 82.2. The molecule has 3 aliphatic heterocycles. The lowest BCUT2D eigenvalue weighted by atomic mass is 9.89. The Hall–Kier alpha value is -3.62. The Kier molecular flexibility index (Phi) is 6.23. The van der Waals surface area contributed by atoms with E-state index in [1.165, 1.54) is 11.0 Å². The molecule has 6 nitrogen and oxygen atoms in total. The Morgan fingerprint density at radius 1 is 1.07 bits per heavy atom. The van der Waals surface area contributed by atoms with E-state index in [9.17, 15) is 14.9 Å². The molecule has 41 heavy (non-hydrogen) atoms. The highest BCUT2D eigenvalue weighted by molar-refractivity contribution is 6.14. The highest BCUT2D eigenvalue weighted by Crippen LogP contribution is 2.28. The highest BCUT2D eigenvalue weighted by Gasteiger charge is 2.24. The van der Waals surface area contributed by atoms with E-state index in [0.29, 0.717) is 67.5 Å². The molecule has 0 spiro atoms. The first-order valence-electron chi connectivity index (χ1n) is 17.0. The van der Waals surface area contributed by atoms with Crippen molar-refractivity contribution in [1.29, 1.82) is 0 Å². The molecular formula is C33H36F2N4O2. The minimum absolute atomic E-state index is 0.0208. The van der Waals surface area contributed by atoms with E-state index in [2.05, 4.69) is 10.3 Å². The Morgan fingerprint density at radius 3 is 2.61 bits per heavy atom. The summed E-state index contributed by atoms with van der Waals surface area (Å²) in [5, 5.41) is 2.91. The molecule has 0 aromatic heterocycles. The number of carbonyl (C=O) groups excluding carboxylic acids is 1. The fourth-order valence-corrected chi connectivity index (χ4v) is 5.69. The zero-order chi connectivity index (χ0) is 33.5. The van der Waals surface area contributed by atoms with Crippen molar-refractivity contribution in [2.45, 2.75) is 32.2 Å². The van der Waals surface area contributed by atoms with Gasteiger partial charge in [-0.05, 0) is 97.2 Å². The number of rotatable bonds is 6. The van der Waals surface area contributed by atoms with Crippen LogP contribution in [0.1, 0.15) is 59.2 Å². The summed E-state index contributed by atoms with van der Waals surface area (Å²) in [5.41, 5.74) is 3.83. The van der Waals surface area contributed by atoms with Crippen LogP contribution < -0.4 is 10.2 Å². The average Bonchev–Trinajstić information content (AvgIpc) is 3.43. The van der Waals surface area contributed by atoms with Crippen LogP contribution in [0, 0.1) is 17.6 Å². The van der Waals surface area contributed by atoms with Crippen LogP contribution >= 0.6 is 0 Å². The van der Waals surface area contributed by atoms with Gasteiger partial charge in [-0.1, -0.05) is 12.1 Å². The number of nitrogens with one attached hydrogen (secondary N) is 1. The summed E-state index contributed by atoms with van der Waals surface area (Å²) in [6.45, 7) is 0.571. The SMILES string of the molecule is [2H]c1cc(C(=O)NC2=NCc3ccc(Cc4cc(F)c([2H])c(F)c4)cc32)c(CC2CCOCC2)c([2H])c1N1CCN(C([2H])([2H])[2H])CC1. The number of halogens is 2. The molecule has 3 aromatic rings. The van der Waals surface area contributed by atoms with Crippen LogP contribution in [0.15, 0.2) is 59.5 Å². The van der Waals surface area contributed by atoms with Gasteiger partial charge in [0, 0.05) is 66.4 Å². The van der Waals surface area contributed by atoms with E-state index in [1.807, 2.05) is 23.1 Å². The normalized spacial score (nSPS) is 20.2. The lowest BCUT2D eigenvalue weighted by molar-refractivity contribution is 0.0664. The van der Waals surface area contributed by atoms with Gasteiger partial charge < -0.3 is 19.9 Å². The number of hydrogen-bond donors (Lipinski definition) is 1. The maximum absolute atomic E-state index is 14.0. The van der Waals surface area contributed by atoms with Gasteiger partial charge in [0.15, 0.2) is 0 Å². The van der Waals surface area contributed by atoms with Gasteiger partial charge in [-0.2, -0.15) is 0 Å². The van der Waals surface area contributed by atoms with Gasteiger partial charge in [-0.25, -0.2) is 8.78 Å². The third-order valence-corrected chi connectivity index (χ3v) is 7.96. The quantitative estimate of drug-likeness (QED) is 0.460. The first-order chi connectivity index (χ1) is 22.4. The van der Waals surface area contributed by atoms with E-state index >= 15 is 0 Å². The number of nitrogens with zero attached hydrogens (tertiary/aromatic N) is 3. The zero-order valence-electron chi connectivity index (χ0n) is 28.7. The minimum Gasteiger partial charge on any atom is -0.381 e. The number of amidine groups is 1. The van der Waals surface area contributed by atoms with Gasteiger partial charge in [0.1, 0.15) is 17.5 Å². The Morgan fingerprint density at radius 2 is 1.85 bits per heavy atom. The van der Waals surface area contributed by atoms with Gasteiger partial charge in [-0.3, -0.25) is 9.79 Å². The number of likely N-dealkylation sites (N-methyl/N-ethyl adjacent to an activating group) is 1. The molecule has 0 radical (unpaired) electrons. The van der Waals surface area contributed by atoms with E-state index in [1.54, 1.807) is 0 Å². The van der Waals surface area contributed by atoms with Crippen molar-refractivity contribution < 1.29 is 26.5 Å². The van der Waals surface area contributed by atoms with E-state index < -0.39 is 30.6 Å². The fraction of sp³-hybridized carbons (Fsp3) is 0.394. The van der Waals surface area contributed by atoms with Gasteiger partial charge in [0.2, 0.25) is 0 Å². The zero-order valence-corrected chi connectivity index (χ0v) is 22.7. The lowest BCUT2D eigenvalue weighted by Crippen LogP contribution is -2.44. The van der Waals surface area contributed by atoms with E-state index in [-0.39, 0.29) is 43.1 Å². The molecule has 2 fully saturated rings. The van der Waals surface area contributed by atoms with Crippen LogP contribution in [0.25, 0.3) is 0 Å². The molecule has 3 aromatic carbocycles. The molecule has 3 heterocycles. The number of piperazine rings is 1. The molecule has 0 atom stereocenters. The van der Waals surface area contributed by atoms with Crippen molar-refractivity contribution in [3.8, 4) is 0 Å². The first-order valence-corrected chi connectivity index (χ1v) is 14.0. The number of carbonyl (C=O) groups is 1. The predicted molar refractivity (Wildman–Crippen MR) is 157 cm³/mol. The number of ether oxygens (including phenoxy) is 1. The van der Waals surface area contributed by atoms with Crippen LogP contribution in [0.4, 0.5) is 14.5 Å². The van der Waals surface area contributed by atoms with Crippen molar-refractivity contribution in [2.24, 2.45) is 10.9 Å². The van der Waals surface area contributed by atoms with Crippen molar-refractivity contribution in [2.75, 3.05) is 51.3 Å². The van der Waals surface area contributed by atoms with Crippen LogP contribution in [0.3, 0.4) is 0 Å². The monoisotopic (exact) mass is 564 g/mol. The summed E-state index contributed by atoms with van der Waals surface area (Å²) in [6, 6.07) is 8.66. The Bertz CT molecular complexity index is 1700. The first kappa shape index (κ1) is 21.1. The van der Waals surface area contributed by atoms with Crippen molar-refractivity contribution >= 4 is 17.4 Å². The summed E-state index contributed by atoms with van der Waals surface area (Å²) >= 11 is 0. The predicted octanol–water partition coefficient (Wildman–Crippen LogP) is 4.97. The van der Waals surface area contributed by atoms with Crippen LogP contribution in [0.5, 0.6) is 0 Å². The van der Waals surface area contributed by atoms with Crippen molar-refractivity contribution in [3.05, 3.63) is 99.5 Å². The van der Waals surface area contributed by atoms with Gasteiger partial charge in [-0.15, -0.1) is 0 Å². The van der Waals surface area contributed by atoms with Crippen molar-refractivity contribution in [1.82, 2.24) is 10.2 Å². The number of amides is 1. The topological polar surface area (TPSA) is 57.2 Å². The maximum atomic E-state index is 14.0. The van der Waals surface area contributed by atoms with Crippen LogP contribution in [-0.4, -0.2) is 63.0 Å². The summed E-state index contributed by atoms with van der Waals surface area (Å²) in [4.78, 5) is 21.8. The standard InChI is InChI=1S/C33H36F2N4O2/c1-38-8-10-39(11-9-38)29-4-5-30(26(19-29)15-22-6-12-41-13-7-22)33(40)37-32-31-18-23(2-3-25(31)21-36-32)14-24-16-27(34)20-28(35)17-24/h2-5,16-20,22H,6-15,21H2,1H3,(H,36,37,40)/i1D3,4D,19D,20D. The van der Waals surface area contributed by atoms with Crippen LogP contribution in [0.2, 0.25) is 0 Å². The second kappa shape index (κ2) is 12.1. The van der Waals surface area contributed by atoms with Gasteiger partial charge in [0.25, 0.3) is 5.91 Å². The molecule has 214 valence electrons. The summed E-state index contributed by atoms with van der Waals surface area (Å²) in [5.74, 6) is -1.81. The lowest BCUT2D eigenvalue weighted by Gasteiger charge is -2.34. The van der Waals surface area contributed by atoms with E-state index in [0.717, 1.165) is 36.1 Å². The summed E-state index contributed by atoms with van der Waals surface area (Å²) in [6.07, 6.45) is 2.25. The number of benzene rings is 3.